The van der Waals surface area contributed by atoms with E-state index in [1.165, 1.54) is 67.5 Å². The van der Waals surface area contributed by atoms with Crippen LogP contribution in [0.4, 0.5) is 43.4 Å². The summed E-state index contributed by atoms with van der Waals surface area (Å²) in [6.07, 6.45) is 10.6. The second-order valence-corrected chi connectivity index (χ2v) is 30.8. The molecule has 9 aromatic rings. The van der Waals surface area contributed by atoms with Crippen molar-refractivity contribution in [1.82, 2.24) is 27.9 Å². The summed E-state index contributed by atoms with van der Waals surface area (Å²) in [5, 5.41) is 8.86. The van der Waals surface area contributed by atoms with Gasteiger partial charge in [0.2, 0.25) is 30.1 Å². The van der Waals surface area contributed by atoms with Crippen LogP contribution in [0.3, 0.4) is 0 Å². The minimum absolute atomic E-state index is 0.0146. The molecule has 6 heterocycles. The van der Waals surface area contributed by atoms with Crippen LogP contribution in [0.5, 0.6) is 0 Å². The van der Waals surface area contributed by atoms with Crippen LogP contribution in [0, 0.1) is 34.9 Å². The highest BCUT2D eigenvalue weighted by molar-refractivity contribution is 7.89. The smallest absolute Gasteiger partial charge is 0.256 e. The van der Waals surface area contributed by atoms with Crippen LogP contribution in [0.15, 0.2) is 136 Å². The van der Waals surface area contributed by atoms with Gasteiger partial charge in [-0.05, 0) is 143 Å². The van der Waals surface area contributed by atoms with E-state index in [0.717, 1.165) is 37.5 Å². The Bertz CT molecular complexity index is 4670. The average Bonchev–Trinajstić information content (AvgIpc) is 1.36. The van der Waals surface area contributed by atoms with Crippen molar-refractivity contribution in [2.75, 3.05) is 76.5 Å². The van der Waals surface area contributed by atoms with E-state index >= 15 is 0 Å². The first-order valence-corrected chi connectivity index (χ1v) is 36.7. The molecule has 3 aromatic heterocycles. The van der Waals surface area contributed by atoms with E-state index in [0.29, 0.717) is 115 Å². The summed E-state index contributed by atoms with van der Waals surface area (Å²) in [5.41, 5.74) is 0.736. The molecule has 21 nitrogen and oxygen atoms in total. The van der Waals surface area contributed by atoms with Crippen molar-refractivity contribution >= 4 is 109 Å². The molecule has 100 heavy (non-hydrogen) atoms. The summed E-state index contributed by atoms with van der Waals surface area (Å²) in [6, 6.07) is 21.5. The maximum Gasteiger partial charge on any atom is 0.256 e. The zero-order valence-electron chi connectivity index (χ0n) is 55.3. The van der Waals surface area contributed by atoms with Crippen LogP contribution in [0.25, 0.3) is 32.7 Å². The molecule has 0 saturated carbocycles. The van der Waals surface area contributed by atoms with Crippen molar-refractivity contribution in [3.05, 3.63) is 178 Å². The zero-order chi connectivity index (χ0) is 72.3. The number of H-pyrrole nitrogens is 3. The van der Waals surface area contributed by atoms with Crippen LogP contribution >= 0.6 is 11.6 Å². The fraction of sp³-hybridized carbons (Fsp3) is 0.348. The minimum atomic E-state index is -3.94. The second-order valence-electron chi connectivity index (χ2n) is 24.5. The number of methoxy groups -OCH3 is 3. The monoisotopic (exact) mass is 1470 g/mol. The number of amides is 3. The van der Waals surface area contributed by atoms with E-state index in [1.54, 1.807) is 58.1 Å². The van der Waals surface area contributed by atoms with Crippen molar-refractivity contribution < 1.29 is 80.2 Å². The summed E-state index contributed by atoms with van der Waals surface area (Å²) in [5.74, 6) is -9.25. The second kappa shape index (κ2) is 30.2. The lowest BCUT2D eigenvalue weighted by Crippen LogP contribution is -2.47. The number of carbonyl (C=O) groups is 3. The van der Waals surface area contributed by atoms with Crippen LogP contribution < -0.4 is 16.0 Å². The van der Waals surface area contributed by atoms with Gasteiger partial charge >= 0.3 is 0 Å². The molecular weight excluding hydrogens is 1390 g/mol. The molecule has 0 radical (unpaired) electrons. The van der Waals surface area contributed by atoms with Crippen LogP contribution in [-0.2, 0) is 44.3 Å². The number of rotatable bonds is 18. The van der Waals surface area contributed by atoms with E-state index in [1.807, 2.05) is 20.8 Å². The summed E-state index contributed by atoms with van der Waals surface area (Å²) < 4.78 is 182. The Morgan fingerprint density at radius 1 is 0.420 bits per heavy atom. The van der Waals surface area contributed by atoms with E-state index in [-0.39, 0.29) is 77.7 Å². The van der Waals surface area contributed by atoms with Crippen molar-refractivity contribution in [2.24, 2.45) is 0 Å². The number of sulfonamides is 3. The number of carbonyl (C=O) groups excluding carboxylic acids is 3. The molecular formula is C69H74ClF6N9O12S3. The Morgan fingerprint density at radius 2 is 0.720 bits per heavy atom. The highest BCUT2D eigenvalue weighted by Crippen LogP contribution is 2.38. The van der Waals surface area contributed by atoms with Crippen molar-refractivity contribution in [2.45, 2.75) is 110 Å². The largest absolute Gasteiger partial charge is 0.378 e. The van der Waals surface area contributed by atoms with Crippen molar-refractivity contribution in [3.8, 4) is 0 Å². The molecule has 12 rings (SSSR count). The molecule has 31 heteroatoms. The molecule has 0 bridgehead atoms. The predicted molar refractivity (Wildman–Crippen MR) is 367 cm³/mol. The zero-order valence-corrected chi connectivity index (χ0v) is 58.5. The number of halogens is 7. The number of nitrogens with zero attached hydrogens (tertiary/aromatic N) is 3. The van der Waals surface area contributed by atoms with Crippen LogP contribution in [0.1, 0.15) is 110 Å². The van der Waals surface area contributed by atoms with Gasteiger partial charge in [-0.3, -0.25) is 14.4 Å². The number of ether oxygens (including phenoxy) is 3. The summed E-state index contributed by atoms with van der Waals surface area (Å²) in [6.45, 7) is 7.87. The third kappa shape index (κ3) is 15.5. The quantitative estimate of drug-likeness (QED) is 0.0346. The number of benzene rings is 6. The SMILES string of the molecule is CCC1(OC)CCN(S(=O)(=O)c2cc(C(=O)Nc3cc(F)c(F)c(F)c3)c3cc[nH]c3c2)CC1.CCC1(OC)CCN(S(=O)(=O)c2cc(C(=O)Nc3ccc(F)c(Cl)c3)c3cc[nH]c3c2)CC1.CCC1(OC)CCN(S(=O)(=O)c2cc(C(=O)Nc3ccc(F)c(F)c3)c3cc[nH]c3c2)CC1. The molecule has 3 fully saturated rings. The highest BCUT2D eigenvalue weighted by atomic mass is 35.5. The van der Waals surface area contributed by atoms with E-state index < -0.39 is 82.7 Å². The molecule has 0 unspecified atom stereocenters. The molecule has 534 valence electrons. The number of anilines is 3. The van der Waals surface area contributed by atoms with Gasteiger partial charge in [-0.15, -0.1) is 0 Å². The molecule has 6 N–H and O–H groups in total. The van der Waals surface area contributed by atoms with E-state index in [9.17, 15) is 66.0 Å². The molecule has 0 aliphatic carbocycles. The molecule has 3 aliphatic heterocycles. The Kier molecular flexibility index (Phi) is 22.5. The molecule has 0 atom stereocenters. The number of hydrogen-bond donors (Lipinski definition) is 6. The minimum Gasteiger partial charge on any atom is -0.378 e. The summed E-state index contributed by atoms with van der Waals surface area (Å²) >= 11 is 5.81. The third-order valence-electron chi connectivity index (χ3n) is 19.3. The summed E-state index contributed by atoms with van der Waals surface area (Å²) in [4.78, 5) is 47.7. The Hall–Kier alpha value is -8.17. The van der Waals surface area contributed by atoms with Gasteiger partial charge in [0, 0.05) is 147 Å². The standard InChI is InChI=1S/C23H25ClFN3O4S.C23H24F3N3O4S.C23H25F2N3O4S/c1-3-23(32-2)7-10-28(11-8-23)33(30,31)16-13-18(17-6-9-26-21(17)14-16)22(29)27-15-4-5-20(25)19(24)12-15;1-3-23(33-2)5-8-29(9-6-23)34(31,32)15-12-17(16-4-7-27-20(16)13-15)22(30)28-14-10-18(24)21(26)19(25)11-14;1-3-23(32-2)7-10-28(11-8-23)33(30,31)16-13-18(17-6-9-26-21(17)14-16)22(29)27-15-4-5-19(24)20(25)12-15/h4-6,9,12-14,26H,3,7-8,10-11H2,1-2H3,(H,27,29);4,7,10-13,27H,3,5-6,8-9H2,1-2H3,(H,28,30);4-6,9,12-14,26H,3,7-8,10-11H2,1-2H3,(H,27,29). The van der Waals surface area contributed by atoms with Gasteiger partial charge in [-0.1, -0.05) is 32.4 Å². The molecule has 3 amide bonds. The normalized spacial score (nSPS) is 16.7. The van der Waals surface area contributed by atoms with E-state index in [4.69, 9.17) is 25.8 Å². The first-order chi connectivity index (χ1) is 47.5. The van der Waals surface area contributed by atoms with Crippen molar-refractivity contribution in [1.29, 1.82) is 0 Å². The number of nitrogens with one attached hydrogen (secondary N) is 6. The van der Waals surface area contributed by atoms with E-state index in [2.05, 4.69) is 30.9 Å². The molecule has 6 aromatic carbocycles. The van der Waals surface area contributed by atoms with Gasteiger partial charge in [0.15, 0.2) is 29.1 Å². The van der Waals surface area contributed by atoms with Gasteiger partial charge in [-0.2, -0.15) is 12.9 Å². The number of aromatic nitrogens is 3. The first kappa shape index (κ1) is 74.5. The Morgan fingerprint density at radius 3 is 1.02 bits per heavy atom. The predicted octanol–water partition coefficient (Wildman–Crippen LogP) is 13.5. The lowest BCUT2D eigenvalue weighted by atomic mass is 9.90. The Balaban J connectivity index is 0.000000162. The van der Waals surface area contributed by atoms with Crippen LogP contribution in [0.2, 0.25) is 5.02 Å². The lowest BCUT2D eigenvalue weighted by molar-refractivity contribution is -0.0481. The number of aromatic amines is 3. The topological polar surface area (TPSA) is 274 Å². The van der Waals surface area contributed by atoms with Gasteiger partial charge < -0.3 is 45.1 Å². The molecule has 3 aliphatic rings. The van der Waals surface area contributed by atoms with Gasteiger partial charge in [-0.25, -0.2) is 51.6 Å². The summed E-state index contributed by atoms with van der Waals surface area (Å²) in [7, 11) is -6.72. The lowest BCUT2D eigenvalue weighted by Gasteiger charge is -2.39. The number of hydrogen-bond acceptors (Lipinski definition) is 12. The fourth-order valence-corrected chi connectivity index (χ4v) is 17.4. The van der Waals surface area contributed by atoms with Crippen molar-refractivity contribution in [3.63, 3.8) is 0 Å². The first-order valence-electron chi connectivity index (χ1n) is 32.0. The fourth-order valence-electron chi connectivity index (χ4n) is 12.8. The maximum atomic E-state index is 13.6. The van der Waals surface area contributed by atoms with Gasteiger partial charge in [0.1, 0.15) is 5.82 Å². The van der Waals surface area contributed by atoms with Gasteiger partial charge in [0.05, 0.1) is 53.2 Å². The van der Waals surface area contributed by atoms with Crippen LogP contribution in [-0.4, -0.2) is 148 Å². The maximum absolute atomic E-state index is 13.6. The Labute approximate surface area is 579 Å². The third-order valence-corrected chi connectivity index (χ3v) is 25.2. The average molecular weight is 1470 g/mol. The number of fused-ring (bicyclic) bond motifs is 3. The highest BCUT2D eigenvalue weighted by Gasteiger charge is 2.41. The number of piperidine rings is 3. The molecule has 3 saturated heterocycles. The van der Waals surface area contributed by atoms with Gasteiger partial charge in [0.25, 0.3) is 17.7 Å². The molecule has 0 spiro atoms.